The monoisotopic (exact) mass is 299 g/mol. The van der Waals surface area contributed by atoms with Crippen LogP contribution < -0.4 is 5.32 Å². The van der Waals surface area contributed by atoms with Crippen molar-refractivity contribution in [1.82, 2.24) is 5.32 Å². The molecule has 2 nitrogen and oxygen atoms in total. The van der Waals surface area contributed by atoms with Crippen molar-refractivity contribution in [2.45, 2.75) is 25.4 Å². The predicted octanol–water partition coefficient (Wildman–Crippen LogP) is 4.40. The van der Waals surface area contributed by atoms with E-state index in [1.54, 1.807) is 11.3 Å². The molecule has 1 N–H and O–H groups in total. The third kappa shape index (κ3) is 3.36. The van der Waals surface area contributed by atoms with Crippen LogP contribution in [0.25, 0.3) is 5.76 Å². The Kier molecular flexibility index (Phi) is 4.73. The molecule has 0 spiro atoms. The third-order valence-corrected chi connectivity index (χ3v) is 4.78. The lowest BCUT2D eigenvalue weighted by molar-refractivity contribution is 0.162. The second-order valence-corrected chi connectivity index (χ2v) is 6.26. The van der Waals surface area contributed by atoms with Gasteiger partial charge in [-0.3, -0.25) is 0 Å². The SMILES string of the molecule is CNCC[C@H](OC1=CCCc2ccccc21)c1cccs1. The number of aryl methyl sites for hydroxylation is 1. The molecule has 3 rings (SSSR count). The number of allylic oxidation sites excluding steroid dienone is 1. The van der Waals surface area contributed by atoms with Crippen LogP contribution in [-0.4, -0.2) is 13.6 Å². The molecule has 1 aliphatic rings. The Bertz CT molecular complexity index is 603. The van der Waals surface area contributed by atoms with Gasteiger partial charge in [0.15, 0.2) is 0 Å². The van der Waals surface area contributed by atoms with E-state index in [0.717, 1.165) is 31.6 Å². The van der Waals surface area contributed by atoms with Crippen molar-refractivity contribution in [1.29, 1.82) is 0 Å². The molecule has 1 aliphatic carbocycles. The average molecular weight is 299 g/mol. The zero-order valence-corrected chi connectivity index (χ0v) is 13.2. The fourth-order valence-corrected chi connectivity index (χ4v) is 3.51. The van der Waals surface area contributed by atoms with Crippen molar-refractivity contribution < 1.29 is 4.74 Å². The van der Waals surface area contributed by atoms with Crippen LogP contribution >= 0.6 is 11.3 Å². The lowest BCUT2D eigenvalue weighted by Gasteiger charge is -2.24. The van der Waals surface area contributed by atoms with Crippen molar-refractivity contribution in [3.8, 4) is 0 Å². The van der Waals surface area contributed by atoms with E-state index in [1.165, 1.54) is 16.0 Å². The molecule has 3 heteroatoms. The van der Waals surface area contributed by atoms with E-state index in [1.807, 2.05) is 7.05 Å². The van der Waals surface area contributed by atoms with Gasteiger partial charge in [0.1, 0.15) is 11.9 Å². The lowest BCUT2D eigenvalue weighted by atomic mass is 9.96. The highest BCUT2D eigenvalue weighted by Crippen LogP contribution is 2.34. The predicted molar refractivity (Wildman–Crippen MR) is 89.4 cm³/mol. The van der Waals surface area contributed by atoms with E-state index >= 15 is 0 Å². The molecule has 1 atom stereocenters. The van der Waals surface area contributed by atoms with Crippen molar-refractivity contribution >= 4 is 17.1 Å². The fraction of sp³-hybridized carbons (Fsp3) is 0.333. The van der Waals surface area contributed by atoms with Gasteiger partial charge < -0.3 is 10.1 Å². The van der Waals surface area contributed by atoms with Crippen LogP contribution in [0, 0.1) is 0 Å². The van der Waals surface area contributed by atoms with Crippen LogP contribution in [0.5, 0.6) is 0 Å². The first kappa shape index (κ1) is 14.4. The van der Waals surface area contributed by atoms with Gasteiger partial charge in [-0.2, -0.15) is 0 Å². The smallest absolute Gasteiger partial charge is 0.134 e. The Balaban J connectivity index is 1.81. The second kappa shape index (κ2) is 6.92. The van der Waals surface area contributed by atoms with Crippen LogP contribution in [0.4, 0.5) is 0 Å². The Morgan fingerprint density at radius 3 is 2.95 bits per heavy atom. The fourth-order valence-electron chi connectivity index (χ4n) is 2.72. The maximum atomic E-state index is 6.40. The normalized spacial score (nSPS) is 15.2. The summed E-state index contributed by atoms with van der Waals surface area (Å²) in [7, 11) is 1.99. The summed E-state index contributed by atoms with van der Waals surface area (Å²) < 4.78 is 6.40. The topological polar surface area (TPSA) is 21.3 Å². The highest BCUT2D eigenvalue weighted by molar-refractivity contribution is 7.10. The maximum absolute atomic E-state index is 6.40. The number of hydrogen-bond donors (Lipinski definition) is 1. The van der Waals surface area contributed by atoms with Gasteiger partial charge in [0.05, 0.1) is 0 Å². The molecule has 110 valence electrons. The molecule has 0 fully saturated rings. The highest BCUT2D eigenvalue weighted by atomic mass is 32.1. The molecular formula is C18H21NOS. The van der Waals surface area contributed by atoms with E-state index in [4.69, 9.17) is 4.74 Å². The van der Waals surface area contributed by atoms with Crippen LogP contribution in [0.2, 0.25) is 0 Å². The maximum Gasteiger partial charge on any atom is 0.134 e. The Morgan fingerprint density at radius 2 is 2.14 bits per heavy atom. The van der Waals surface area contributed by atoms with Crippen molar-refractivity contribution in [2.75, 3.05) is 13.6 Å². The summed E-state index contributed by atoms with van der Waals surface area (Å²) in [5.74, 6) is 1.05. The number of ether oxygens (including phenoxy) is 1. The summed E-state index contributed by atoms with van der Waals surface area (Å²) in [5.41, 5.74) is 2.66. The van der Waals surface area contributed by atoms with Gasteiger partial charge in [-0.15, -0.1) is 11.3 Å². The standard InChI is InChI=1S/C18H21NOS/c1-19-12-11-17(18-10-5-13-21-18)20-16-9-4-7-14-6-2-3-8-15(14)16/h2-3,5-6,8-10,13,17,19H,4,7,11-12H2,1H3/t17-/m0/s1. The number of thiophene rings is 1. The van der Waals surface area contributed by atoms with Gasteiger partial charge in [0, 0.05) is 16.9 Å². The first-order chi connectivity index (χ1) is 10.4. The summed E-state index contributed by atoms with van der Waals surface area (Å²) >= 11 is 1.77. The summed E-state index contributed by atoms with van der Waals surface area (Å²) in [6.07, 6.45) is 5.53. The number of rotatable bonds is 6. The van der Waals surface area contributed by atoms with Crippen LogP contribution in [0.3, 0.4) is 0 Å². The third-order valence-electron chi connectivity index (χ3n) is 3.81. The molecule has 0 saturated carbocycles. The van der Waals surface area contributed by atoms with Crippen LogP contribution in [0.15, 0.2) is 47.9 Å². The Hall–Kier alpha value is -1.58. The van der Waals surface area contributed by atoms with E-state index in [9.17, 15) is 0 Å². The average Bonchev–Trinajstić information content (AvgIpc) is 3.06. The summed E-state index contributed by atoms with van der Waals surface area (Å²) in [6, 6.07) is 12.8. The highest BCUT2D eigenvalue weighted by Gasteiger charge is 2.19. The van der Waals surface area contributed by atoms with E-state index in [2.05, 4.69) is 53.2 Å². The van der Waals surface area contributed by atoms with Crippen molar-refractivity contribution in [3.63, 3.8) is 0 Å². The lowest BCUT2D eigenvalue weighted by Crippen LogP contribution is -2.14. The minimum absolute atomic E-state index is 0.134. The van der Waals surface area contributed by atoms with Gasteiger partial charge in [-0.05, 0) is 49.5 Å². The molecule has 0 radical (unpaired) electrons. The van der Waals surface area contributed by atoms with E-state index < -0.39 is 0 Å². The largest absolute Gasteiger partial charge is 0.485 e. The van der Waals surface area contributed by atoms with E-state index in [0.29, 0.717) is 0 Å². The molecular weight excluding hydrogens is 278 g/mol. The molecule has 1 aromatic heterocycles. The minimum atomic E-state index is 0.134. The number of hydrogen-bond acceptors (Lipinski definition) is 3. The van der Waals surface area contributed by atoms with Crippen LogP contribution in [0.1, 0.15) is 34.9 Å². The molecule has 0 amide bonds. The Morgan fingerprint density at radius 1 is 1.24 bits per heavy atom. The molecule has 0 saturated heterocycles. The van der Waals surface area contributed by atoms with Crippen molar-refractivity contribution in [2.24, 2.45) is 0 Å². The zero-order chi connectivity index (χ0) is 14.5. The van der Waals surface area contributed by atoms with Crippen molar-refractivity contribution in [3.05, 3.63) is 63.9 Å². The van der Waals surface area contributed by atoms with Gasteiger partial charge in [-0.1, -0.05) is 30.3 Å². The molecule has 0 aliphatic heterocycles. The summed E-state index contributed by atoms with van der Waals surface area (Å²) in [6.45, 7) is 0.956. The van der Waals surface area contributed by atoms with Gasteiger partial charge >= 0.3 is 0 Å². The number of benzene rings is 1. The molecule has 1 aromatic carbocycles. The first-order valence-electron chi connectivity index (χ1n) is 7.51. The van der Waals surface area contributed by atoms with E-state index in [-0.39, 0.29) is 6.10 Å². The number of fused-ring (bicyclic) bond motifs is 1. The number of nitrogens with one attached hydrogen (secondary N) is 1. The summed E-state index contributed by atoms with van der Waals surface area (Å²) in [5, 5.41) is 5.34. The quantitative estimate of drug-likeness (QED) is 0.853. The molecule has 1 heterocycles. The molecule has 21 heavy (non-hydrogen) atoms. The molecule has 0 unspecified atom stereocenters. The first-order valence-corrected chi connectivity index (χ1v) is 8.39. The summed E-state index contributed by atoms with van der Waals surface area (Å²) in [4.78, 5) is 1.30. The van der Waals surface area contributed by atoms with Gasteiger partial charge in [0.25, 0.3) is 0 Å². The minimum Gasteiger partial charge on any atom is -0.485 e. The Labute approximate surface area is 130 Å². The zero-order valence-electron chi connectivity index (χ0n) is 12.3. The van der Waals surface area contributed by atoms with Gasteiger partial charge in [0.2, 0.25) is 0 Å². The second-order valence-electron chi connectivity index (χ2n) is 5.28. The molecule has 2 aromatic rings. The molecule has 0 bridgehead atoms. The van der Waals surface area contributed by atoms with Crippen LogP contribution in [-0.2, 0) is 11.2 Å². The van der Waals surface area contributed by atoms with Gasteiger partial charge in [-0.25, -0.2) is 0 Å².